The SMILES string of the molecule is NC(=O)C(F)Cc1ccc(O)cc1. The van der Waals surface area contributed by atoms with Gasteiger partial charge in [0.15, 0.2) is 6.17 Å². The van der Waals surface area contributed by atoms with Crippen molar-refractivity contribution >= 4 is 5.91 Å². The minimum Gasteiger partial charge on any atom is -0.508 e. The Morgan fingerprint density at radius 1 is 1.46 bits per heavy atom. The van der Waals surface area contributed by atoms with Gasteiger partial charge in [0.25, 0.3) is 5.91 Å². The first kappa shape index (κ1) is 9.51. The molecular weight excluding hydrogens is 173 g/mol. The maximum absolute atomic E-state index is 12.8. The largest absolute Gasteiger partial charge is 0.508 e. The molecule has 0 aromatic heterocycles. The maximum atomic E-state index is 12.8. The molecule has 13 heavy (non-hydrogen) atoms. The molecule has 0 aliphatic heterocycles. The van der Waals surface area contributed by atoms with E-state index in [-0.39, 0.29) is 12.2 Å². The van der Waals surface area contributed by atoms with Crippen molar-refractivity contribution in [3.63, 3.8) is 0 Å². The summed E-state index contributed by atoms with van der Waals surface area (Å²) in [7, 11) is 0. The molecule has 0 bridgehead atoms. The molecule has 3 nitrogen and oxygen atoms in total. The van der Waals surface area contributed by atoms with E-state index in [0.29, 0.717) is 5.56 Å². The molecule has 1 unspecified atom stereocenters. The fraction of sp³-hybridized carbons (Fsp3) is 0.222. The van der Waals surface area contributed by atoms with Crippen molar-refractivity contribution in [3.05, 3.63) is 29.8 Å². The predicted molar refractivity (Wildman–Crippen MR) is 45.9 cm³/mol. The predicted octanol–water partition coefficient (Wildman–Crippen LogP) is 0.758. The van der Waals surface area contributed by atoms with Gasteiger partial charge in [0.2, 0.25) is 0 Å². The third-order valence-electron chi connectivity index (χ3n) is 1.66. The van der Waals surface area contributed by atoms with Gasteiger partial charge in [0.1, 0.15) is 5.75 Å². The van der Waals surface area contributed by atoms with Crippen LogP contribution in [-0.4, -0.2) is 17.2 Å². The standard InChI is InChI=1S/C9H10FNO2/c10-8(9(11)13)5-6-1-3-7(12)4-2-6/h1-4,8,12H,5H2,(H2,11,13). The zero-order valence-electron chi connectivity index (χ0n) is 6.90. The number of amides is 1. The van der Waals surface area contributed by atoms with Crippen molar-refractivity contribution < 1.29 is 14.3 Å². The molecule has 1 amide bonds. The summed E-state index contributed by atoms with van der Waals surface area (Å²) in [5.74, 6) is -0.855. The number of primary amides is 1. The Balaban J connectivity index is 2.64. The van der Waals surface area contributed by atoms with E-state index >= 15 is 0 Å². The van der Waals surface area contributed by atoms with E-state index in [1.807, 2.05) is 0 Å². The van der Waals surface area contributed by atoms with Crippen LogP contribution in [0.25, 0.3) is 0 Å². The van der Waals surface area contributed by atoms with Crippen LogP contribution in [0.5, 0.6) is 5.75 Å². The van der Waals surface area contributed by atoms with Crippen LogP contribution >= 0.6 is 0 Å². The van der Waals surface area contributed by atoms with Gasteiger partial charge in [-0.25, -0.2) is 4.39 Å². The maximum Gasteiger partial charge on any atom is 0.252 e. The number of rotatable bonds is 3. The monoisotopic (exact) mass is 183 g/mol. The van der Waals surface area contributed by atoms with Crippen LogP contribution in [0.2, 0.25) is 0 Å². The highest BCUT2D eigenvalue weighted by Gasteiger charge is 2.13. The fourth-order valence-electron chi connectivity index (χ4n) is 0.940. The molecule has 0 saturated heterocycles. The van der Waals surface area contributed by atoms with E-state index < -0.39 is 12.1 Å². The summed E-state index contributed by atoms with van der Waals surface area (Å²) in [4.78, 5) is 10.4. The molecule has 1 aromatic carbocycles. The minimum atomic E-state index is -1.66. The van der Waals surface area contributed by atoms with Crippen molar-refractivity contribution in [3.8, 4) is 5.75 Å². The van der Waals surface area contributed by atoms with E-state index in [4.69, 9.17) is 10.8 Å². The Hall–Kier alpha value is -1.58. The van der Waals surface area contributed by atoms with Crippen molar-refractivity contribution in [2.24, 2.45) is 5.73 Å². The zero-order valence-corrected chi connectivity index (χ0v) is 6.90. The Bertz CT molecular complexity index is 297. The number of phenolic OH excluding ortho intramolecular Hbond substituents is 1. The van der Waals surface area contributed by atoms with Gasteiger partial charge in [-0.2, -0.15) is 0 Å². The summed E-state index contributed by atoms with van der Waals surface area (Å²) in [6, 6.07) is 5.96. The molecule has 0 saturated carbocycles. The van der Waals surface area contributed by atoms with Crippen LogP contribution in [0.15, 0.2) is 24.3 Å². The lowest BCUT2D eigenvalue weighted by molar-refractivity contribution is -0.122. The molecule has 0 aliphatic rings. The summed E-state index contributed by atoms with van der Waals surface area (Å²) in [5.41, 5.74) is 5.38. The second-order valence-electron chi connectivity index (χ2n) is 2.74. The molecule has 1 aromatic rings. The third-order valence-corrected chi connectivity index (χ3v) is 1.66. The number of hydrogen-bond donors (Lipinski definition) is 2. The first-order valence-corrected chi connectivity index (χ1v) is 3.81. The Morgan fingerprint density at radius 2 is 2.00 bits per heavy atom. The quantitative estimate of drug-likeness (QED) is 0.726. The van der Waals surface area contributed by atoms with Crippen molar-refractivity contribution in [2.45, 2.75) is 12.6 Å². The van der Waals surface area contributed by atoms with Crippen LogP contribution in [0, 0.1) is 0 Å². The molecule has 0 heterocycles. The van der Waals surface area contributed by atoms with E-state index in [1.54, 1.807) is 12.1 Å². The number of phenols is 1. The Morgan fingerprint density at radius 3 is 2.46 bits per heavy atom. The van der Waals surface area contributed by atoms with Gasteiger partial charge < -0.3 is 10.8 Å². The summed E-state index contributed by atoms with van der Waals surface area (Å²) in [6.07, 6.45) is -1.71. The van der Waals surface area contributed by atoms with E-state index in [0.717, 1.165) is 0 Å². The molecule has 1 rings (SSSR count). The summed E-state index contributed by atoms with van der Waals surface area (Å²) in [6.45, 7) is 0. The lowest BCUT2D eigenvalue weighted by atomic mass is 10.1. The zero-order chi connectivity index (χ0) is 9.84. The molecule has 1 atom stereocenters. The number of carbonyl (C=O) groups is 1. The summed E-state index contributed by atoms with van der Waals surface area (Å²) < 4.78 is 12.8. The second kappa shape index (κ2) is 3.89. The van der Waals surface area contributed by atoms with Crippen LogP contribution < -0.4 is 5.73 Å². The molecule has 0 aliphatic carbocycles. The number of aromatic hydroxyl groups is 1. The van der Waals surface area contributed by atoms with Crippen LogP contribution in [0.3, 0.4) is 0 Å². The molecule has 3 N–H and O–H groups in total. The molecule has 0 spiro atoms. The van der Waals surface area contributed by atoms with Crippen molar-refractivity contribution in [1.29, 1.82) is 0 Å². The smallest absolute Gasteiger partial charge is 0.252 e. The average molecular weight is 183 g/mol. The molecular formula is C9H10FNO2. The molecule has 0 fully saturated rings. The summed E-state index contributed by atoms with van der Waals surface area (Å²) >= 11 is 0. The first-order valence-electron chi connectivity index (χ1n) is 3.81. The van der Waals surface area contributed by atoms with Gasteiger partial charge in [0, 0.05) is 6.42 Å². The Kier molecular flexibility index (Phi) is 2.84. The number of halogens is 1. The average Bonchev–Trinajstić information content (AvgIpc) is 2.08. The Labute approximate surface area is 75.0 Å². The van der Waals surface area contributed by atoms with Gasteiger partial charge in [-0.3, -0.25) is 4.79 Å². The van der Waals surface area contributed by atoms with Gasteiger partial charge in [0.05, 0.1) is 0 Å². The van der Waals surface area contributed by atoms with E-state index in [9.17, 15) is 9.18 Å². The first-order chi connectivity index (χ1) is 6.09. The number of alkyl halides is 1. The number of nitrogens with two attached hydrogens (primary N) is 1. The summed E-state index contributed by atoms with van der Waals surface area (Å²) in [5, 5.41) is 8.91. The van der Waals surface area contributed by atoms with Crippen molar-refractivity contribution in [1.82, 2.24) is 0 Å². The van der Waals surface area contributed by atoms with Gasteiger partial charge in [-0.1, -0.05) is 12.1 Å². The topological polar surface area (TPSA) is 63.3 Å². The highest BCUT2D eigenvalue weighted by atomic mass is 19.1. The third kappa shape index (κ3) is 2.74. The van der Waals surface area contributed by atoms with E-state index in [2.05, 4.69) is 0 Å². The highest BCUT2D eigenvalue weighted by molar-refractivity contribution is 5.78. The van der Waals surface area contributed by atoms with Crippen LogP contribution in [-0.2, 0) is 11.2 Å². The van der Waals surface area contributed by atoms with Crippen molar-refractivity contribution in [2.75, 3.05) is 0 Å². The number of benzene rings is 1. The highest BCUT2D eigenvalue weighted by Crippen LogP contribution is 2.12. The van der Waals surface area contributed by atoms with Gasteiger partial charge in [-0.05, 0) is 17.7 Å². The second-order valence-corrected chi connectivity index (χ2v) is 2.74. The molecule has 70 valence electrons. The van der Waals surface area contributed by atoms with Gasteiger partial charge >= 0.3 is 0 Å². The molecule has 0 radical (unpaired) electrons. The van der Waals surface area contributed by atoms with Crippen LogP contribution in [0.4, 0.5) is 4.39 Å². The normalized spacial score (nSPS) is 12.4. The molecule has 4 heteroatoms. The lowest BCUT2D eigenvalue weighted by Gasteiger charge is -2.03. The van der Waals surface area contributed by atoms with Crippen LogP contribution in [0.1, 0.15) is 5.56 Å². The minimum absolute atomic E-state index is 0.0460. The van der Waals surface area contributed by atoms with E-state index in [1.165, 1.54) is 12.1 Å². The number of hydrogen-bond acceptors (Lipinski definition) is 2. The van der Waals surface area contributed by atoms with Gasteiger partial charge in [-0.15, -0.1) is 0 Å². The lowest BCUT2D eigenvalue weighted by Crippen LogP contribution is -2.26. The fourth-order valence-corrected chi connectivity index (χ4v) is 0.940. The number of carbonyl (C=O) groups excluding carboxylic acids is 1.